The maximum atomic E-state index is 6.04. The molecule has 0 bridgehead atoms. The number of hydrogen-bond donors (Lipinski definition) is 1. The van der Waals surface area contributed by atoms with Gasteiger partial charge in [0.25, 0.3) is 0 Å². The Kier molecular flexibility index (Phi) is 3.06. The van der Waals surface area contributed by atoms with Crippen LogP contribution >= 0.6 is 0 Å². The molecule has 0 saturated heterocycles. The van der Waals surface area contributed by atoms with Gasteiger partial charge in [-0.05, 0) is 44.0 Å². The maximum absolute atomic E-state index is 6.04. The second-order valence-corrected chi connectivity index (χ2v) is 4.41. The molecular weight excluding hydrogens is 200 g/mol. The lowest BCUT2D eigenvalue weighted by atomic mass is 10.1. The molecule has 88 valence electrons. The third kappa shape index (κ3) is 1.76. The van der Waals surface area contributed by atoms with Gasteiger partial charge in [0.05, 0.1) is 7.11 Å². The highest BCUT2D eigenvalue weighted by molar-refractivity contribution is 5.61. The number of anilines is 1. The molecule has 0 aromatic heterocycles. The Morgan fingerprint density at radius 1 is 1.56 bits per heavy atom. The van der Waals surface area contributed by atoms with Crippen molar-refractivity contribution >= 4 is 5.69 Å². The van der Waals surface area contributed by atoms with Gasteiger partial charge in [0.1, 0.15) is 5.75 Å². The van der Waals surface area contributed by atoms with E-state index in [2.05, 4.69) is 30.9 Å². The SMILES string of the molecule is CCN1c2ccc(OC)cc2CC1C(C)N. The van der Waals surface area contributed by atoms with Crippen LogP contribution in [0.25, 0.3) is 0 Å². The van der Waals surface area contributed by atoms with Gasteiger partial charge in [0.15, 0.2) is 0 Å². The Bertz CT molecular complexity index is 376. The normalized spacial score (nSPS) is 20.8. The lowest BCUT2D eigenvalue weighted by Crippen LogP contribution is -2.44. The highest BCUT2D eigenvalue weighted by Crippen LogP contribution is 2.35. The number of fused-ring (bicyclic) bond motifs is 1. The molecular formula is C13H20N2O. The van der Waals surface area contributed by atoms with E-state index in [4.69, 9.17) is 10.5 Å². The highest BCUT2D eigenvalue weighted by Gasteiger charge is 2.30. The van der Waals surface area contributed by atoms with Crippen LogP contribution in [-0.4, -0.2) is 25.7 Å². The van der Waals surface area contributed by atoms with Crippen molar-refractivity contribution in [1.29, 1.82) is 0 Å². The molecule has 0 aliphatic carbocycles. The van der Waals surface area contributed by atoms with Crippen molar-refractivity contribution in [3.63, 3.8) is 0 Å². The number of nitrogens with zero attached hydrogens (tertiary/aromatic N) is 1. The van der Waals surface area contributed by atoms with Crippen LogP contribution in [0.2, 0.25) is 0 Å². The summed E-state index contributed by atoms with van der Waals surface area (Å²) in [6, 6.07) is 6.90. The lowest BCUT2D eigenvalue weighted by molar-refractivity contribution is 0.414. The van der Waals surface area contributed by atoms with Gasteiger partial charge in [0, 0.05) is 24.3 Å². The number of ether oxygens (including phenoxy) is 1. The molecule has 16 heavy (non-hydrogen) atoms. The van der Waals surface area contributed by atoms with Crippen LogP contribution in [-0.2, 0) is 6.42 Å². The number of nitrogens with two attached hydrogens (primary N) is 1. The molecule has 0 radical (unpaired) electrons. The van der Waals surface area contributed by atoms with E-state index < -0.39 is 0 Å². The second-order valence-electron chi connectivity index (χ2n) is 4.41. The smallest absolute Gasteiger partial charge is 0.119 e. The quantitative estimate of drug-likeness (QED) is 0.844. The minimum atomic E-state index is 0.193. The topological polar surface area (TPSA) is 38.5 Å². The Balaban J connectivity index is 2.34. The predicted octanol–water partition coefficient (Wildman–Crippen LogP) is 1.79. The molecule has 2 unspecified atom stereocenters. The van der Waals surface area contributed by atoms with Crippen molar-refractivity contribution in [2.24, 2.45) is 5.73 Å². The summed E-state index contributed by atoms with van der Waals surface area (Å²) in [5, 5.41) is 0. The van der Waals surface area contributed by atoms with E-state index in [1.165, 1.54) is 11.3 Å². The summed E-state index contributed by atoms with van der Waals surface area (Å²) in [5.74, 6) is 0.931. The summed E-state index contributed by atoms with van der Waals surface area (Å²) in [5.41, 5.74) is 8.70. The van der Waals surface area contributed by atoms with Crippen molar-refractivity contribution in [2.75, 3.05) is 18.6 Å². The molecule has 2 N–H and O–H groups in total. The van der Waals surface area contributed by atoms with Crippen molar-refractivity contribution in [3.8, 4) is 5.75 Å². The summed E-state index contributed by atoms with van der Waals surface area (Å²) >= 11 is 0. The standard InChI is InChI=1S/C13H20N2O/c1-4-15-12-6-5-11(16-3)7-10(12)8-13(15)9(2)14/h5-7,9,13H,4,8,14H2,1-3H3. The minimum absolute atomic E-state index is 0.193. The molecule has 2 atom stereocenters. The van der Waals surface area contributed by atoms with Crippen LogP contribution in [0, 0.1) is 0 Å². The van der Waals surface area contributed by atoms with Gasteiger partial charge >= 0.3 is 0 Å². The molecule has 0 spiro atoms. The van der Waals surface area contributed by atoms with Crippen LogP contribution in [0.3, 0.4) is 0 Å². The number of hydrogen-bond acceptors (Lipinski definition) is 3. The van der Waals surface area contributed by atoms with Crippen LogP contribution in [0.15, 0.2) is 18.2 Å². The number of methoxy groups -OCH3 is 1. The molecule has 1 heterocycles. The van der Waals surface area contributed by atoms with E-state index >= 15 is 0 Å². The highest BCUT2D eigenvalue weighted by atomic mass is 16.5. The summed E-state index contributed by atoms with van der Waals surface area (Å²) in [6.07, 6.45) is 1.03. The predicted molar refractivity (Wildman–Crippen MR) is 67.2 cm³/mol. The zero-order valence-electron chi connectivity index (χ0n) is 10.2. The summed E-state index contributed by atoms with van der Waals surface area (Å²) in [6.45, 7) is 5.26. The van der Waals surface area contributed by atoms with E-state index in [9.17, 15) is 0 Å². The summed E-state index contributed by atoms with van der Waals surface area (Å²) in [7, 11) is 1.71. The molecule has 2 rings (SSSR count). The summed E-state index contributed by atoms with van der Waals surface area (Å²) in [4.78, 5) is 2.39. The molecule has 1 aliphatic heterocycles. The summed E-state index contributed by atoms with van der Waals surface area (Å²) < 4.78 is 5.25. The Morgan fingerprint density at radius 3 is 2.88 bits per heavy atom. The fraction of sp³-hybridized carbons (Fsp3) is 0.538. The molecule has 3 nitrogen and oxygen atoms in total. The third-order valence-electron chi connectivity index (χ3n) is 3.37. The first-order chi connectivity index (χ1) is 7.67. The van der Waals surface area contributed by atoms with Gasteiger partial charge in [-0.15, -0.1) is 0 Å². The maximum Gasteiger partial charge on any atom is 0.119 e. The van der Waals surface area contributed by atoms with Gasteiger partial charge in [-0.1, -0.05) is 0 Å². The zero-order valence-corrected chi connectivity index (χ0v) is 10.2. The molecule has 0 saturated carbocycles. The van der Waals surface area contributed by atoms with E-state index in [0.717, 1.165) is 18.7 Å². The van der Waals surface area contributed by atoms with Crippen LogP contribution in [0.5, 0.6) is 5.75 Å². The van der Waals surface area contributed by atoms with Crippen LogP contribution in [0.4, 0.5) is 5.69 Å². The fourth-order valence-corrected chi connectivity index (χ4v) is 2.52. The van der Waals surface area contributed by atoms with Gasteiger partial charge in [0.2, 0.25) is 0 Å². The van der Waals surface area contributed by atoms with E-state index in [0.29, 0.717) is 6.04 Å². The molecule has 0 fully saturated rings. The van der Waals surface area contributed by atoms with Gasteiger partial charge < -0.3 is 15.4 Å². The number of rotatable bonds is 3. The number of likely N-dealkylation sites (N-methyl/N-ethyl adjacent to an activating group) is 1. The largest absolute Gasteiger partial charge is 0.497 e. The monoisotopic (exact) mass is 220 g/mol. The average molecular weight is 220 g/mol. The molecule has 3 heteroatoms. The number of benzene rings is 1. The first-order valence-corrected chi connectivity index (χ1v) is 5.86. The van der Waals surface area contributed by atoms with Gasteiger partial charge in [-0.25, -0.2) is 0 Å². The van der Waals surface area contributed by atoms with Crippen LogP contribution in [0.1, 0.15) is 19.4 Å². The van der Waals surface area contributed by atoms with Gasteiger partial charge in [-0.2, -0.15) is 0 Å². The first-order valence-electron chi connectivity index (χ1n) is 5.86. The lowest BCUT2D eigenvalue weighted by Gasteiger charge is -2.28. The van der Waals surface area contributed by atoms with Crippen LogP contribution < -0.4 is 15.4 Å². The average Bonchev–Trinajstić information content (AvgIpc) is 2.66. The minimum Gasteiger partial charge on any atom is -0.497 e. The third-order valence-corrected chi connectivity index (χ3v) is 3.37. The van der Waals surface area contributed by atoms with E-state index in [1.54, 1.807) is 7.11 Å². The second kappa shape index (κ2) is 4.34. The Hall–Kier alpha value is -1.22. The van der Waals surface area contributed by atoms with E-state index in [-0.39, 0.29) is 6.04 Å². The molecule has 0 amide bonds. The van der Waals surface area contributed by atoms with Gasteiger partial charge in [-0.3, -0.25) is 0 Å². The Labute approximate surface area is 97.2 Å². The Morgan fingerprint density at radius 2 is 2.31 bits per heavy atom. The van der Waals surface area contributed by atoms with Crippen molar-refractivity contribution in [2.45, 2.75) is 32.4 Å². The van der Waals surface area contributed by atoms with Crippen molar-refractivity contribution in [3.05, 3.63) is 23.8 Å². The molecule has 1 aromatic rings. The van der Waals surface area contributed by atoms with Crippen molar-refractivity contribution < 1.29 is 4.74 Å². The molecule has 1 aliphatic rings. The van der Waals surface area contributed by atoms with Crippen molar-refractivity contribution in [1.82, 2.24) is 0 Å². The fourth-order valence-electron chi connectivity index (χ4n) is 2.52. The first kappa shape index (κ1) is 11.3. The molecule has 1 aromatic carbocycles. The van der Waals surface area contributed by atoms with E-state index in [1.807, 2.05) is 6.07 Å². The zero-order chi connectivity index (χ0) is 11.7.